The molecule has 3 heterocycles. The molecule has 114 valence electrons. The third kappa shape index (κ3) is 1.75. The number of hydrogen-bond acceptors (Lipinski definition) is 3. The van der Waals surface area contributed by atoms with E-state index in [2.05, 4.69) is 38.8 Å². The van der Waals surface area contributed by atoms with Gasteiger partial charge in [0.25, 0.3) is 0 Å². The first-order valence-corrected chi connectivity index (χ1v) is 8.06. The molecule has 3 atom stereocenters. The van der Waals surface area contributed by atoms with E-state index in [0.29, 0.717) is 0 Å². The third-order valence-electron chi connectivity index (χ3n) is 5.34. The number of fused-ring (bicyclic) bond motifs is 4. The molecule has 23 heavy (non-hydrogen) atoms. The molecule has 0 unspecified atom stereocenters. The zero-order valence-electron chi connectivity index (χ0n) is 12.6. The maximum atomic E-state index is 11.0. The van der Waals surface area contributed by atoms with Crippen molar-refractivity contribution >= 4 is 0 Å². The number of aliphatic hydroxyl groups is 1. The van der Waals surface area contributed by atoms with Crippen molar-refractivity contribution in [1.82, 2.24) is 14.5 Å². The highest BCUT2D eigenvalue weighted by Crippen LogP contribution is 2.49. The molecular formula is C19H17N3O. The van der Waals surface area contributed by atoms with Crippen LogP contribution in [-0.4, -0.2) is 19.6 Å². The SMILES string of the molecule is O[C@@H]1c2ccncc2CC[C@H]1[C@@H]1c2ccccc2-c2cncn21. The number of benzene rings is 1. The Labute approximate surface area is 134 Å². The number of nitrogens with zero attached hydrogens (tertiary/aromatic N) is 3. The minimum Gasteiger partial charge on any atom is -0.388 e. The largest absolute Gasteiger partial charge is 0.388 e. The smallest absolute Gasteiger partial charge is 0.0956 e. The summed E-state index contributed by atoms with van der Waals surface area (Å²) in [6.07, 6.45) is 8.94. The van der Waals surface area contributed by atoms with E-state index in [9.17, 15) is 5.11 Å². The molecule has 0 fully saturated rings. The van der Waals surface area contributed by atoms with Crippen LogP contribution in [0.25, 0.3) is 11.3 Å². The molecule has 5 rings (SSSR count). The van der Waals surface area contributed by atoms with Gasteiger partial charge in [-0.05, 0) is 35.6 Å². The van der Waals surface area contributed by atoms with E-state index in [4.69, 9.17) is 0 Å². The lowest BCUT2D eigenvalue weighted by Crippen LogP contribution is -2.28. The van der Waals surface area contributed by atoms with E-state index < -0.39 is 6.10 Å². The highest BCUT2D eigenvalue weighted by atomic mass is 16.3. The maximum absolute atomic E-state index is 11.0. The van der Waals surface area contributed by atoms with Crippen LogP contribution in [-0.2, 0) is 6.42 Å². The Morgan fingerprint density at radius 3 is 2.91 bits per heavy atom. The van der Waals surface area contributed by atoms with Gasteiger partial charge in [0.05, 0.1) is 30.4 Å². The molecule has 3 aromatic rings. The molecule has 0 amide bonds. The van der Waals surface area contributed by atoms with Crippen molar-refractivity contribution in [2.24, 2.45) is 5.92 Å². The number of pyridine rings is 1. The summed E-state index contributed by atoms with van der Waals surface area (Å²) >= 11 is 0. The average Bonchev–Trinajstić information content (AvgIpc) is 3.17. The molecule has 0 spiro atoms. The van der Waals surface area contributed by atoms with Crippen LogP contribution in [0.4, 0.5) is 0 Å². The number of aromatic nitrogens is 3. The van der Waals surface area contributed by atoms with Crippen molar-refractivity contribution in [1.29, 1.82) is 0 Å². The van der Waals surface area contributed by atoms with Crippen LogP contribution in [0.15, 0.2) is 55.2 Å². The van der Waals surface area contributed by atoms with Crippen molar-refractivity contribution in [3.63, 3.8) is 0 Å². The number of rotatable bonds is 1. The monoisotopic (exact) mass is 303 g/mol. The molecule has 0 saturated heterocycles. The predicted molar refractivity (Wildman–Crippen MR) is 86.8 cm³/mol. The van der Waals surface area contributed by atoms with E-state index in [1.54, 1.807) is 6.20 Å². The molecule has 1 aliphatic heterocycles. The normalized spacial score (nSPS) is 24.8. The zero-order valence-corrected chi connectivity index (χ0v) is 12.6. The molecule has 0 saturated carbocycles. The molecular weight excluding hydrogens is 286 g/mol. The first-order valence-electron chi connectivity index (χ1n) is 8.06. The summed E-state index contributed by atoms with van der Waals surface area (Å²) in [5.74, 6) is 0.154. The lowest BCUT2D eigenvalue weighted by molar-refractivity contribution is 0.0718. The van der Waals surface area contributed by atoms with Crippen LogP contribution in [0.5, 0.6) is 0 Å². The van der Waals surface area contributed by atoms with Gasteiger partial charge in [-0.15, -0.1) is 0 Å². The van der Waals surface area contributed by atoms with Gasteiger partial charge >= 0.3 is 0 Å². The van der Waals surface area contributed by atoms with E-state index in [0.717, 1.165) is 24.1 Å². The summed E-state index contributed by atoms with van der Waals surface area (Å²) in [5.41, 5.74) is 5.89. The van der Waals surface area contributed by atoms with Gasteiger partial charge in [-0.2, -0.15) is 0 Å². The Balaban J connectivity index is 1.64. The minimum atomic E-state index is -0.465. The first kappa shape index (κ1) is 13.0. The Morgan fingerprint density at radius 1 is 1.04 bits per heavy atom. The highest BCUT2D eigenvalue weighted by Gasteiger charge is 2.40. The third-order valence-corrected chi connectivity index (χ3v) is 5.34. The summed E-state index contributed by atoms with van der Waals surface area (Å²) in [4.78, 5) is 8.52. The van der Waals surface area contributed by atoms with E-state index in [1.807, 2.05) is 24.8 Å². The Kier molecular flexibility index (Phi) is 2.70. The molecule has 4 nitrogen and oxygen atoms in total. The van der Waals surface area contributed by atoms with Gasteiger partial charge in [0.1, 0.15) is 0 Å². The predicted octanol–water partition coefficient (Wildman–Crippen LogP) is 3.14. The zero-order chi connectivity index (χ0) is 15.4. The average molecular weight is 303 g/mol. The van der Waals surface area contributed by atoms with E-state index >= 15 is 0 Å². The van der Waals surface area contributed by atoms with Gasteiger partial charge in [0.2, 0.25) is 0 Å². The summed E-state index contributed by atoms with van der Waals surface area (Å²) in [6.45, 7) is 0. The Morgan fingerprint density at radius 2 is 1.96 bits per heavy atom. The molecule has 1 N–H and O–H groups in total. The Hall–Kier alpha value is -2.46. The van der Waals surface area contributed by atoms with Crippen LogP contribution >= 0.6 is 0 Å². The van der Waals surface area contributed by atoms with Crippen molar-refractivity contribution in [3.05, 3.63) is 71.9 Å². The fraction of sp³-hybridized carbons (Fsp3) is 0.263. The quantitative estimate of drug-likeness (QED) is 0.751. The van der Waals surface area contributed by atoms with E-state index in [-0.39, 0.29) is 12.0 Å². The summed E-state index contributed by atoms with van der Waals surface area (Å²) in [6, 6.07) is 10.6. The number of aliphatic hydroxyl groups excluding tert-OH is 1. The molecule has 0 radical (unpaired) electrons. The van der Waals surface area contributed by atoms with Gasteiger partial charge in [0, 0.05) is 23.9 Å². The van der Waals surface area contributed by atoms with Crippen LogP contribution in [0.2, 0.25) is 0 Å². The minimum absolute atomic E-state index is 0.153. The van der Waals surface area contributed by atoms with Crippen LogP contribution < -0.4 is 0 Å². The second-order valence-electron chi connectivity index (χ2n) is 6.44. The maximum Gasteiger partial charge on any atom is 0.0956 e. The standard InChI is InChI=1S/C19H17N3O/c23-19-13-7-8-20-9-12(13)5-6-16(19)18-15-4-2-1-3-14(15)17-10-21-11-22(17)18/h1-4,7-11,16,18-19,23H,5-6H2/t16-,18-,19+/m0/s1. The van der Waals surface area contributed by atoms with Crippen LogP contribution in [0.3, 0.4) is 0 Å². The van der Waals surface area contributed by atoms with Crippen LogP contribution in [0.1, 0.15) is 35.3 Å². The van der Waals surface area contributed by atoms with Crippen molar-refractivity contribution < 1.29 is 5.11 Å². The lowest BCUT2D eigenvalue weighted by Gasteiger charge is -2.35. The summed E-state index contributed by atoms with van der Waals surface area (Å²) in [5, 5.41) is 11.0. The van der Waals surface area contributed by atoms with E-state index in [1.165, 1.54) is 16.7 Å². The number of hydrogen-bond donors (Lipinski definition) is 1. The van der Waals surface area contributed by atoms with Gasteiger partial charge < -0.3 is 9.67 Å². The molecule has 1 aliphatic carbocycles. The summed E-state index contributed by atoms with van der Waals surface area (Å²) in [7, 11) is 0. The lowest BCUT2D eigenvalue weighted by atomic mass is 9.76. The van der Waals surface area contributed by atoms with Gasteiger partial charge in [0.15, 0.2) is 0 Å². The van der Waals surface area contributed by atoms with Gasteiger partial charge in [-0.25, -0.2) is 4.98 Å². The molecule has 0 bridgehead atoms. The van der Waals surface area contributed by atoms with Crippen LogP contribution in [0, 0.1) is 5.92 Å². The fourth-order valence-corrected chi connectivity index (χ4v) is 4.29. The van der Waals surface area contributed by atoms with Crippen molar-refractivity contribution in [2.45, 2.75) is 25.0 Å². The van der Waals surface area contributed by atoms with Crippen molar-refractivity contribution in [2.75, 3.05) is 0 Å². The second kappa shape index (κ2) is 4.77. The molecule has 4 heteroatoms. The van der Waals surface area contributed by atoms with Gasteiger partial charge in [-0.3, -0.25) is 4.98 Å². The molecule has 2 aliphatic rings. The highest BCUT2D eigenvalue weighted by molar-refractivity contribution is 5.69. The fourth-order valence-electron chi connectivity index (χ4n) is 4.29. The molecule has 1 aromatic carbocycles. The topological polar surface area (TPSA) is 50.9 Å². The first-order chi connectivity index (χ1) is 11.3. The van der Waals surface area contributed by atoms with Crippen molar-refractivity contribution in [3.8, 4) is 11.3 Å². The van der Waals surface area contributed by atoms with Gasteiger partial charge in [-0.1, -0.05) is 24.3 Å². The molecule has 2 aromatic heterocycles. The number of aryl methyl sites for hydroxylation is 1. The summed E-state index contributed by atoms with van der Waals surface area (Å²) < 4.78 is 2.23. The Bertz CT molecular complexity index is 886. The second-order valence-corrected chi connectivity index (χ2v) is 6.44. The number of imidazole rings is 1.